The van der Waals surface area contributed by atoms with Crippen molar-refractivity contribution in [2.75, 3.05) is 12.9 Å². The van der Waals surface area contributed by atoms with Crippen LogP contribution < -0.4 is 5.32 Å². The first-order chi connectivity index (χ1) is 11.0. The van der Waals surface area contributed by atoms with Crippen LogP contribution in [0.5, 0.6) is 0 Å². The topological polar surface area (TPSA) is 55.4 Å². The Hall–Kier alpha value is -1.20. The molecule has 0 saturated heterocycles. The number of ether oxygens (including phenoxy) is 1. The van der Waals surface area contributed by atoms with Crippen molar-refractivity contribution in [1.82, 2.24) is 5.32 Å². The third kappa shape index (κ3) is 5.15. The van der Waals surface area contributed by atoms with Gasteiger partial charge in [0, 0.05) is 10.9 Å². The molecule has 1 aromatic carbocycles. The molecule has 4 nitrogen and oxygen atoms in total. The minimum absolute atomic E-state index is 0.179. The molecule has 0 heterocycles. The summed E-state index contributed by atoms with van der Waals surface area (Å²) in [5.74, 6) is -0.358. The number of esters is 1. The number of amides is 1. The van der Waals surface area contributed by atoms with E-state index >= 15 is 0 Å². The predicted molar refractivity (Wildman–Crippen MR) is 93.1 cm³/mol. The number of benzene rings is 1. The number of rotatable bonds is 5. The number of carbonyl (C=O) groups is 2. The molecule has 1 N–H and O–H groups in total. The van der Waals surface area contributed by atoms with Gasteiger partial charge in [0.1, 0.15) is 0 Å². The van der Waals surface area contributed by atoms with Gasteiger partial charge in [0.2, 0.25) is 0 Å². The fourth-order valence-corrected chi connectivity index (χ4v) is 3.41. The third-order valence-corrected chi connectivity index (χ3v) is 5.24. The third-order valence-electron chi connectivity index (χ3n) is 4.19. The molecule has 0 aromatic heterocycles. The van der Waals surface area contributed by atoms with Gasteiger partial charge in [0.25, 0.3) is 5.91 Å². The normalized spacial score (nSPS) is 20.8. The highest BCUT2D eigenvalue weighted by molar-refractivity contribution is 7.98. The summed E-state index contributed by atoms with van der Waals surface area (Å²) in [7, 11) is 0. The Balaban J connectivity index is 1.87. The van der Waals surface area contributed by atoms with Crippen LogP contribution in [0.15, 0.2) is 23.1 Å². The van der Waals surface area contributed by atoms with Crippen molar-refractivity contribution in [3.63, 3.8) is 0 Å². The van der Waals surface area contributed by atoms with E-state index in [0.29, 0.717) is 10.9 Å². The summed E-state index contributed by atoms with van der Waals surface area (Å²) < 4.78 is 5.10. The Morgan fingerprint density at radius 1 is 1.35 bits per heavy atom. The van der Waals surface area contributed by atoms with Crippen LogP contribution >= 0.6 is 23.4 Å². The zero-order chi connectivity index (χ0) is 16.8. The molecular weight excluding hydrogens is 334 g/mol. The van der Waals surface area contributed by atoms with E-state index in [4.69, 9.17) is 16.3 Å². The molecule has 0 radical (unpaired) electrons. The van der Waals surface area contributed by atoms with Gasteiger partial charge in [-0.25, -0.2) is 4.79 Å². The van der Waals surface area contributed by atoms with Gasteiger partial charge < -0.3 is 10.1 Å². The molecule has 2 unspecified atom stereocenters. The van der Waals surface area contributed by atoms with E-state index < -0.39 is 5.97 Å². The van der Waals surface area contributed by atoms with Crippen molar-refractivity contribution in [2.24, 2.45) is 5.92 Å². The van der Waals surface area contributed by atoms with Gasteiger partial charge in [-0.05, 0) is 43.2 Å². The zero-order valence-electron chi connectivity index (χ0n) is 13.4. The minimum Gasteiger partial charge on any atom is -0.452 e. The molecule has 23 heavy (non-hydrogen) atoms. The monoisotopic (exact) mass is 355 g/mol. The van der Waals surface area contributed by atoms with Crippen molar-refractivity contribution in [1.29, 1.82) is 0 Å². The number of nitrogens with one attached hydrogen (secondary N) is 1. The van der Waals surface area contributed by atoms with E-state index in [0.717, 1.165) is 24.2 Å². The highest BCUT2D eigenvalue weighted by Gasteiger charge is 2.23. The van der Waals surface area contributed by atoms with Gasteiger partial charge in [-0.1, -0.05) is 31.4 Å². The van der Waals surface area contributed by atoms with Crippen molar-refractivity contribution < 1.29 is 14.3 Å². The predicted octanol–water partition coefficient (Wildman–Crippen LogP) is 3.91. The first-order valence-electron chi connectivity index (χ1n) is 7.81. The molecule has 2 atom stereocenters. The van der Waals surface area contributed by atoms with Crippen molar-refractivity contribution in [3.05, 3.63) is 28.8 Å². The van der Waals surface area contributed by atoms with Crippen LogP contribution in [-0.4, -0.2) is 30.8 Å². The summed E-state index contributed by atoms with van der Waals surface area (Å²) >= 11 is 7.54. The standard InChI is InChI=1S/C17H22ClNO3S/c1-11-5-3-4-6-15(11)19-16(20)10-22-17(21)13-9-12(23-2)7-8-14(13)18/h7-9,11,15H,3-6,10H2,1-2H3,(H,19,20). The Kier molecular flexibility index (Phi) is 6.78. The SMILES string of the molecule is CSc1ccc(Cl)c(C(=O)OCC(=O)NC2CCCCC2C)c1. The van der Waals surface area contributed by atoms with Crippen LogP contribution in [0, 0.1) is 5.92 Å². The molecule has 0 aliphatic heterocycles. The number of thioether (sulfide) groups is 1. The van der Waals surface area contributed by atoms with Crippen molar-refractivity contribution in [2.45, 2.75) is 43.5 Å². The quantitative estimate of drug-likeness (QED) is 0.642. The van der Waals surface area contributed by atoms with E-state index in [9.17, 15) is 9.59 Å². The van der Waals surface area contributed by atoms with Crippen molar-refractivity contribution >= 4 is 35.2 Å². The summed E-state index contributed by atoms with van der Waals surface area (Å²) in [6.07, 6.45) is 6.38. The van der Waals surface area contributed by atoms with Crippen LogP contribution in [-0.2, 0) is 9.53 Å². The fraction of sp³-hybridized carbons (Fsp3) is 0.529. The van der Waals surface area contributed by atoms with E-state index in [1.807, 2.05) is 12.3 Å². The minimum atomic E-state index is -0.572. The largest absolute Gasteiger partial charge is 0.452 e. The van der Waals surface area contributed by atoms with E-state index in [1.165, 1.54) is 18.2 Å². The molecule has 1 aliphatic carbocycles. The molecule has 1 aliphatic rings. The molecule has 6 heteroatoms. The summed E-state index contributed by atoms with van der Waals surface area (Å²) in [6, 6.07) is 5.35. The molecule has 1 fully saturated rings. The average molecular weight is 356 g/mol. The van der Waals surface area contributed by atoms with Gasteiger partial charge >= 0.3 is 5.97 Å². The van der Waals surface area contributed by atoms with E-state index in [-0.39, 0.29) is 24.1 Å². The number of hydrogen-bond donors (Lipinski definition) is 1. The maximum Gasteiger partial charge on any atom is 0.340 e. The van der Waals surface area contributed by atoms with Gasteiger partial charge in [0.05, 0.1) is 10.6 Å². The second-order valence-electron chi connectivity index (χ2n) is 5.86. The maximum atomic E-state index is 12.1. The molecule has 1 amide bonds. The molecule has 0 bridgehead atoms. The summed E-state index contributed by atoms with van der Waals surface area (Å²) in [5, 5.41) is 3.29. The lowest BCUT2D eigenvalue weighted by Crippen LogP contribution is -2.42. The van der Waals surface area contributed by atoms with Crippen molar-refractivity contribution in [3.8, 4) is 0 Å². The zero-order valence-corrected chi connectivity index (χ0v) is 15.0. The number of hydrogen-bond acceptors (Lipinski definition) is 4. The molecule has 1 saturated carbocycles. The first-order valence-corrected chi connectivity index (χ1v) is 9.41. The van der Waals surface area contributed by atoms with Crippen LogP contribution in [0.25, 0.3) is 0 Å². The second-order valence-corrected chi connectivity index (χ2v) is 7.14. The lowest BCUT2D eigenvalue weighted by Gasteiger charge is -2.29. The van der Waals surface area contributed by atoms with Gasteiger partial charge in [0.15, 0.2) is 6.61 Å². The fourth-order valence-electron chi connectivity index (χ4n) is 2.78. The van der Waals surface area contributed by atoms with Crippen LogP contribution in [0.2, 0.25) is 5.02 Å². The number of carbonyl (C=O) groups excluding carboxylic acids is 2. The maximum absolute atomic E-state index is 12.1. The molecule has 126 valence electrons. The van der Waals surface area contributed by atoms with E-state index in [1.54, 1.807) is 12.1 Å². The summed E-state index contributed by atoms with van der Waals surface area (Å²) in [4.78, 5) is 25.0. The Morgan fingerprint density at radius 3 is 2.78 bits per heavy atom. The first kappa shape index (κ1) is 18.1. The molecular formula is C17H22ClNO3S. The highest BCUT2D eigenvalue weighted by Crippen LogP contribution is 2.24. The summed E-state index contributed by atoms with van der Waals surface area (Å²) in [6.45, 7) is 1.87. The van der Waals surface area contributed by atoms with Crippen LogP contribution in [0.3, 0.4) is 0 Å². The van der Waals surface area contributed by atoms with Crippen LogP contribution in [0.4, 0.5) is 0 Å². The smallest absolute Gasteiger partial charge is 0.340 e. The Labute approximate surface area is 146 Å². The lowest BCUT2D eigenvalue weighted by molar-refractivity contribution is -0.125. The second kappa shape index (κ2) is 8.60. The highest BCUT2D eigenvalue weighted by atomic mass is 35.5. The van der Waals surface area contributed by atoms with Gasteiger partial charge in [-0.2, -0.15) is 0 Å². The molecule has 2 rings (SSSR count). The molecule has 1 aromatic rings. The van der Waals surface area contributed by atoms with E-state index in [2.05, 4.69) is 12.2 Å². The Bertz CT molecular complexity index is 579. The molecule has 0 spiro atoms. The van der Waals surface area contributed by atoms with Gasteiger partial charge in [-0.15, -0.1) is 11.8 Å². The average Bonchev–Trinajstić information content (AvgIpc) is 2.55. The van der Waals surface area contributed by atoms with Crippen LogP contribution in [0.1, 0.15) is 43.0 Å². The summed E-state index contributed by atoms with van der Waals surface area (Å²) in [5.41, 5.74) is 0.289. The lowest BCUT2D eigenvalue weighted by atomic mass is 9.86. The number of halogens is 1. The van der Waals surface area contributed by atoms with Gasteiger partial charge in [-0.3, -0.25) is 4.79 Å². The Morgan fingerprint density at radius 2 is 2.09 bits per heavy atom.